The fraction of sp³-hybridized carbons (Fsp3) is 0.889. The summed E-state index contributed by atoms with van der Waals surface area (Å²) in [5.41, 5.74) is 8.50. The molecule has 1 atom stereocenters. The SMILES string of the molecule is CC(C)[C@H](N)C(=O)NN1CCOCC1.Cl. The van der Waals surface area contributed by atoms with Crippen LogP contribution in [0.4, 0.5) is 0 Å². The lowest BCUT2D eigenvalue weighted by Gasteiger charge is -2.28. The van der Waals surface area contributed by atoms with Gasteiger partial charge in [0.1, 0.15) is 0 Å². The number of hydrazine groups is 1. The van der Waals surface area contributed by atoms with E-state index in [1.54, 1.807) is 0 Å². The second-order valence-electron chi connectivity index (χ2n) is 3.85. The Morgan fingerprint density at radius 2 is 1.93 bits per heavy atom. The predicted molar refractivity (Wildman–Crippen MR) is 60.6 cm³/mol. The topological polar surface area (TPSA) is 67.6 Å². The average molecular weight is 238 g/mol. The Balaban J connectivity index is 0.00000196. The zero-order chi connectivity index (χ0) is 10.6. The molecule has 0 aromatic heterocycles. The highest BCUT2D eigenvalue weighted by atomic mass is 35.5. The third kappa shape index (κ3) is 4.79. The first-order chi connectivity index (χ1) is 6.61. The number of ether oxygens (including phenoxy) is 1. The largest absolute Gasteiger partial charge is 0.379 e. The first-order valence-corrected chi connectivity index (χ1v) is 5.00. The molecule has 1 aliphatic heterocycles. The maximum Gasteiger partial charge on any atom is 0.251 e. The lowest BCUT2D eigenvalue weighted by atomic mass is 10.1. The van der Waals surface area contributed by atoms with Crippen LogP contribution >= 0.6 is 12.4 Å². The highest BCUT2D eigenvalue weighted by Crippen LogP contribution is 1.99. The van der Waals surface area contributed by atoms with Crippen LogP contribution in [0.5, 0.6) is 0 Å². The summed E-state index contributed by atoms with van der Waals surface area (Å²) >= 11 is 0. The van der Waals surface area contributed by atoms with Gasteiger partial charge in [-0.05, 0) is 5.92 Å². The molecule has 1 amide bonds. The minimum absolute atomic E-state index is 0. The minimum atomic E-state index is -0.433. The Labute approximate surface area is 96.7 Å². The van der Waals surface area contributed by atoms with Gasteiger partial charge < -0.3 is 10.5 Å². The standard InChI is InChI=1S/C9H19N3O2.ClH/c1-7(2)8(10)9(13)11-12-3-5-14-6-4-12;/h7-8H,3-6,10H2,1-2H3,(H,11,13);1H/t8-;/m0./s1. The summed E-state index contributed by atoms with van der Waals surface area (Å²) < 4.78 is 5.16. The van der Waals surface area contributed by atoms with E-state index in [0.29, 0.717) is 13.2 Å². The number of rotatable bonds is 3. The number of amides is 1. The van der Waals surface area contributed by atoms with Crippen molar-refractivity contribution in [2.75, 3.05) is 26.3 Å². The molecule has 90 valence electrons. The zero-order valence-electron chi connectivity index (χ0n) is 9.23. The van der Waals surface area contributed by atoms with Crippen molar-refractivity contribution in [1.29, 1.82) is 0 Å². The number of halogens is 1. The molecule has 0 unspecified atom stereocenters. The maximum absolute atomic E-state index is 11.5. The Kier molecular flexibility index (Phi) is 6.84. The van der Waals surface area contributed by atoms with E-state index in [2.05, 4.69) is 5.43 Å². The fourth-order valence-corrected chi connectivity index (χ4v) is 1.21. The summed E-state index contributed by atoms with van der Waals surface area (Å²) in [6.07, 6.45) is 0. The van der Waals surface area contributed by atoms with Crippen LogP contribution in [0, 0.1) is 5.92 Å². The second-order valence-corrected chi connectivity index (χ2v) is 3.85. The van der Waals surface area contributed by atoms with Crippen LogP contribution < -0.4 is 11.2 Å². The fourth-order valence-electron chi connectivity index (χ4n) is 1.21. The van der Waals surface area contributed by atoms with Gasteiger partial charge in [0.05, 0.1) is 19.3 Å². The number of carbonyl (C=O) groups excluding carboxylic acids is 1. The number of hydrogen-bond donors (Lipinski definition) is 2. The summed E-state index contributed by atoms with van der Waals surface area (Å²) in [7, 11) is 0. The highest BCUT2D eigenvalue weighted by Gasteiger charge is 2.20. The molecule has 0 saturated carbocycles. The molecule has 0 aromatic carbocycles. The van der Waals surface area contributed by atoms with Gasteiger partial charge >= 0.3 is 0 Å². The second kappa shape index (κ2) is 7.00. The van der Waals surface area contributed by atoms with Crippen LogP contribution in [0.2, 0.25) is 0 Å². The molecule has 1 aliphatic rings. The van der Waals surface area contributed by atoms with Gasteiger partial charge in [-0.15, -0.1) is 12.4 Å². The molecule has 0 radical (unpaired) electrons. The van der Waals surface area contributed by atoms with E-state index in [4.69, 9.17) is 10.5 Å². The number of morpholine rings is 1. The molecule has 0 aromatic rings. The smallest absolute Gasteiger partial charge is 0.251 e. The monoisotopic (exact) mass is 237 g/mol. The van der Waals surface area contributed by atoms with Crippen LogP contribution in [0.3, 0.4) is 0 Å². The molecule has 0 aliphatic carbocycles. The minimum Gasteiger partial charge on any atom is -0.379 e. The Morgan fingerprint density at radius 1 is 1.40 bits per heavy atom. The molecule has 1 rings (SSSR count). The molecular formula is C9H20ClN3O2. The van der Waals surface area contributed by atoms with E-state index in [9.17, 15) is 4.79 Å². The molecule has 1 heterocycles. The van der Waals surface area contributed by atoms with Gasteiger partial charge in [0.25, 0.3) is 5.91 Å². The van der Waals surface area contributed by atoms with Crippen molar-refractivity contribution in [1.82, 2.24) is 10.4 Å². The molecule has 15 heavy (non-hydrogen) atoms. The third-order valence-electron chi connectivity index (χ3n) is 2.30. The first-order valence-electron chi connectivity index (χ1n) is 5.00. The summed E-state index contributed by atoms with van der Waals surface area (Å²) in [5.74, 6) is 0.0536. The van der Waals surface area contributed by atoms with Crippen molar-refractivity contribution < 1.29 is 9.53 Å². The van der Waals surface area contributed by atoms with Gasteiger partial charge in [0.15, 0.2) is 0 Å². The highest BCUT2D eigenvalue weighted by molar-refractivity contribution is 5.85. The van der Waals surface area contributed by atoms with Gasteiger partial charge in [-0.1, -0.05) is 13.8 Å². The normalized spacial score (nSPS) is 19.5. The van der Waals surface area contributed by atoms with Crippen LogP contribution in [0.25, 0.3) is 0 Å². The molecule has 3 N–H and O–H groups in total. The molecule has 5 nitrogen and oxygen atoms in total. The quantitative estimate of drug-likeness (QED) is 0.711. The average Bonchev–Trinajstić information content (AvgIpc) is 2.18. The Morgan fingerprint density at radius 3 is 2.40 bits per heavy atom. The third-order valence-corrected chi connectivity index (χ3v) is 2.30. The molecular weight excluding hydrogens is 218 g/mol. The lowest BCUT2D eigenvalue weighted by Crippen LogP contribution is -2.54. The summed E-state index contributed by atoms with van der Waals surface area (Å²) in [6.45, 7) is 6.66. The van der Waals surface area contributed by atoms with Crippen molar-refractivity contribution in [3.8, 4) is 0 Å². The van der Waals surface area contributed by atoms with E-state index >= 15 is 0 Å². The van der Waals surface area contributed by atoms with Crippen molar-refractivity contribution in [3.63, 3.8) is 0 Å². The van der Waals surface area contributed by atoms with Gasteiger partial charge in [-0.25, -0.2) is 5.01 Å². The van der Waals surface area contributed by atoms with Crippen molar-refractivity contribution >= 4 is 18.3 Å². The van der Waals surface area contributed by atoms with E-state index in [1.165, 1.54) is 0 Å². The van der Waals surface area contributed by atoms with Crippen molar-refractivity contribution in [3.05, 3.63) is 0 Å². The summed E-state index contributed by atoms with van der Waals surface area (Å²) in [4.78, 5) is 11.5. The Bertz CT molecular complexity index is 196. The lowest BCUT2D eigenvalue weighted by molar-refractivity contribution is -0.130. The molecule has 1 fully saturated rings. The van der Waals surface area contributed by atoms with E-state index in [-0.39, 0.29) is 24.2 Å². The summed E-state index contributed by atoms with van der Waals surface area (Å²) in [6, 6.07) is -0.433. The van der Waals surface area contributed by atoms with Crippen LogP contribution in [0.15, 0.2) is 0 Å². The van der Waals surface area contributed by atoms with Crippen molar-refractivity contribution in [2.24, 2.45) is 11.7 Å². The van der Waals surface area contributed by atoms with Crippen molar-refractivity contribution in [2.45, 2.75) is 19.9 Å². The predicted octanol–water partition coefficient (Wildman–Crippen LogP) is -0.245. The van der Waals surface area contributed by atoms with Crippen LogP contribution in [0.1, 0.15) is 13.8 Å². The van der Waals surface area contributed by atoms with Crippen LogP contribution in [-0.2, 0) is 9.53 Å². The molecule has 1 saturated heterocycles. The van der Waals surface area contributed by atoms with Gasteiger partial charge in [0.2, 0.25) is 0 Å². The number of nitrogens with two attached hydrogens (primary N) is 1. The maximum atomic E-state index is 11.5. The van der Waals surface area contributed by atoms with Gasteiger partial charge in [-0.3, -0.25) is 10.2 Å². The zero-order valence-corrected chi connectivity index (χ0v) is 10.0. The van der Waals surface area contributed by atoms with E-state index in [0.717, 1.165) is 13.1 Å². The molecule has 0 bridgehead atoms. The van der Waals surface area contributed by atoms with Gasteiger partial charge in [0, 0.05) is 13.1 Å². The molecule has 6 heteroatoms. The number of hydrogen-bond acceptors (Lipinski definition) is 4. The number of carbonyl (C=O) groups is 1. The van der Waals surface area contributed by atoms with E-state index < -0.39 is 6.04 Å². The molecule has 0 spiro atoms. The van der Waals surface area contributed by atoms with Crippen LogP contribution in [-0.4, -0.2) is 43.3 Å². The summed E-state index contributed by atoms with van der Waals surface area (Å²) in [5, 5.41) is 1.86. The first kappa shape index (κ1) is 14.6. The number of nitrogens with one attached hydrogen (secondary N) is 1. The number of nitrogens with zero attached hydrogens (tertiary/aromatic N) is 1. The van der Waals surface area contributed by atoms with Gasteiger partial charge in [-0.2, -0.15) is 0 Å². The van der Waals surface area contributed by atoms with E-state index in [1.807, 2.05) is 18.9 Å². The Hall–Kier alpha value is -0.360.